The predicted molar refractivity (Wildman–Crippen MR) is 101 cm³/mol. The number of benzene rings is 1. The molecule has 2 rings (SSSR count). The van der Waals surface area contributed by atoms with Gasteiger partial charge in [0, 0.05) is 25.7 Å². The quantitative estimate of drug-likeness (QED) is 0.702. The van der Waals surface area contributed by atoms with Crippen LogP contribution in [-0.4, -0.2) is 50.2 Å². The third-order valence-electron chi connectivity index (χ3n) is 4.92. The molecule has 0 amide bonds. The summed E-state index contributed by atoms with van der Waals surface area (Å²) in [5.41, 5.74) is 1.15. The van der Waals surface area contributed by atoms with Gasteiger partial charge in [0.1, 0.15) is 0 Å². The van der Waals surface area contributed by atoms with Crippen molar-refractivity contribution in [2.45, 2.75) is 63.5 Å². The minimum absolute atomic E-state index is 0.0392. The lowest BCUT2D eigenvalue weighted by Crippen LogP contribution is -2.41. The summed E-state index contributed by atoms with van der Waals surface area (Å²) in [7, 11) is -3.58. The molecule has 1 heterocycles. The van der Waals surface area contributed by atoms with E-state index in [0.29, 0.717) is 18.5 Å². The van der Waals surface area contributed by atoms with Crippen molar-refractivity contribution in [2.75, 3.05) is 19.6 Å². The fourth-order valence-electron chi connectivity index (χ4n) is 3.48. The van der Waals surface area contributed by atoms with Crippen LogP contribution < -0.4 is 4.72 Å². The van der Waals surface area contributed by atoms with Gasteiger partial charge in [-0.25, -0.2) is 13.1 Å². The molecule has 5 nitrogen and oxygen atoms in total. The highest BCUT2D eigenvalue weighted by atomic mass is 32.2. The van der Waals surface area contributed by atoms with E-state index in [1.54, 1.807) is 12.1 Å². The summed E-state index contributed by atoms with van der Waals surface area (Å²) in [5, 5.41) is 10.2. The zero-order chi connectivity index (χ0) is 18.4. The topological polar surface area (TPSA) is 69.6 Å². The number of hydrogen-bond donors (Lipinski definition) is 2. The Morgan fingerprint density at radius 1 is 1.28 bits per heavy atom. The highest BCUT2D eigenvalue weighted by Crippen LogP contribution is 2.22. The Kier molecular flexibility index (Phi) is 7.43. The van der Waals surface area contributed by atoms with Crippen molar-refractivity contribution < 1.29 is 13.5 Å². The van der Waals surface area contributed by atoms with Crippen molar-refractivity contribution in [3.8, 4) is 0 Å². The lowest BCUT2D eigenvalue weighted by Gasteiger charge is -2.24. The van der Waals surface area contributed by atoms with E-state index in [2.05, 4.69) is 30.4 Å². The number of aliphatic hydroxyl groups is 1. The first-order chi connectivity index (χ1) is 11.8. The van der Waals surface area contributed by atoms with Crippen LogP contribution in [0.25, 0.3) is 0 Å². The highest BCUT2D eigenvalue weighted by Gasteiger charge is 2.27. The van der Waals surface area contributed by atoms with Gasteiger partial charge in [0.25, 0.3) is 0 Å². The summed E-state index contributed by atoms with van der Waals surface area (Å²) >= 11 is 0. The first kappa shape index (κ1) is 20.4. The molecule has 1 fully saturated rings. The zero-order valence-corrected chi connectivity index (χ0v) is 16.4. The summed E-state index contributed by atoms with van der Waals surface area (Å²) < 4.78 is 27.3. The summed E-state index contributed by atoms with van der Waals surface area (Å²) in [4.78, 5) is 2.48. The molecule has 142 valence electrons. The Morgan fingerprint density at radius 3 is 2.52 bits per heavy atom. The molecule has 1 aromatic carbocycles. The van der Waals surface area contributed by atoms with E-state index >= 15 is 0 Å². The van der Waals surface area contributed by atoms with Gasteiger partial charge in [0.15, 0.2) is 0 Å². The lowest BCUT2D eigenvalue weighted by molar-refractivity contribution is 0.111. The molecule has 6 heteroatoms. The smallest absolute Gasteiger partial charge is 0.240 e. The van der Waals surface area contributed by atoms with Crippen molar-refractivity contribution in [1.82, 2.24) is 9.62 Å². The summed E-state index contributed by atoms with van der Waals surface area (Å²) in [6.45, 7) is 8.00. The van der Waals surface area contributed by atoms with Gasteiger partial charge in [-0.3, -0.25) is 4.90 Å². The molecule has 0 saturated carbocycles. The Bertz CT molecular complexity index is 631. The Hall–Kier alpha value is -0.950. The van der Waals surface area contributed by atoms with Crippen molar-refractivity contribution in [1.29, 1.82) is 0 Å². The van der Waals surface area contributed by atoms with Crippen LogP contribution >= 0.6 is 0 Å². The highest BCUT2D eigenvalue weighted by molar-refractivity contribution is 7.89. The lowest BCUT2D eigenvalue weighted by atomic mass is 10.1. The number of sulfonamides is 1. The monoisotopic (exact) mass is 368 g/mol. The summed E-state index contributed by atoms with van der Waals surface area (Å²) in [5.74, 6) is 0.630. The predicted octanol–water partition coefficient (Wildman–Crippen LogP) is 2.40. The number of aryl methyl sites for hydroxylation is 1. The average Bonchev–Trinajstić information content (AvgIpc) is 2.89. The van der Waals surface area contributed by atoms with Crippen LogP contribution in [0.5, 0.6) is 0 Å². The SMILES string of the molecule is CCCCc1ccc(S(=O)(=O)NC[C@H](O)CN2CC(C)CC2C)cc1. The number of nitrogens with one attached hydrogen (secondary N) is 1. The molecule has 25 heavy (non-hydrogen) atoms. The van der Waals surface area contributed by atoms with Crippen LogP contribution in [0.3, 0.4) is 0 Å². The minimum Gasteiger partial charge on any atom is -0.390 e. The van der Waals surface area contributed by atoms with E-state index in [1.807, 2.05) is 12.1 Å². The zero-order valence-electron chi connectivity index (χ0n) is 15.6. The molecule has 0 spiro atoms. The first-order valence-corrected chi connectivity index (χ1v) is 10.8. The van der Waals surface area contributed by atoms with Crippen LogP contribution in [0.2, 0.25) is 0 Å². The molecule has 0 radical (unpaired) electrons. The number of nitrogens with zero attached hydrogens (tertiary/aromatic N) is 1. The number of likely N-dealkylation sites (tertiary alicyclic amines) is 1. The van der Waals surface area contributed by atoms with Gasteiger partial charge in [-0.2, -0.15) is 0 Å². The van der Waals surface area contributed by atoms with Gasteiger partial charge >= 0.3 is 0 Å². The van der Waals surface area contributed by atoms with E-state index in [-0.39, 0.29) is 11.4 Å². The van der Waals surface area contributed by atoms with Crippen LogP contribution in [0, 0.1) is 5.92 Å². The van der Waals surface area contributed by atoms with Crippen LogP contribution in [0.4, 0.5) is 0 Å². The maximum Gasteiger partial charge on any atom is 0.240 e. The first-order valence-electron chi connectivity index (χ1n) is 9.32. The van der Waals surface area contributed by atoms with Crippen LogP contribution in [0.15, 0.2) is 29.2 Å². The third kappa shape index (κ3) is 6.06. The second-order valence-electron chi connectivity index (χ2n) is 7.40. The normalized spacial score (nSPS) is 23.0. The Balaban J connectivity index is 1.86. The fourth-order valence-corrected chi connectivity index (χ4v) is 4.55. The van der Waals surface area contributed by atoms with Gasteiger partial charge in [0.05, 0.1) is 11.0 Å². The standard InChI is InChI=1S/C19H32N2O3S/c1-4-5-6-17-7-9-19(10-8-17)25(23,24)20-12-18(22)14-21-13-15(2)11-16(21)3/h7-10,15-16,18,20,22H,4-6,11-14H2,1-3H3/t15?,16?,18-/m0/s1. The number of unbranched alkanes of at least 4 members (excludes halogenated alkanes) is 1. The molecule has 0 aromatic heterocycles. The maximum atomic E-state index is 12.4. The van der Waals surface area contributed by atoms with Crippen LogP contribution in [0.1, 0.15) is 45.6 Å². The summed E-state index contributed by atoms with van der Waals surface area (Å²) in [6.07, 6.45) is 3.61. The number of hydrogen-bond acceptors (Lipinski definition) is 4. The number of aliphatic hydroxyl groups excluding tert-OH is 1. The molecule has 0 bridgehead atoms. The molecule has 1 aromatic rings. The molecule has 0 aliphatic carbocycles. The van der Waals surface area contributed by atoms with E-state index in [1.165, 1.54) is 0 Å². The van der Waals surface area contributed by atoms with E-state index < -0.39 is 16.1 Å². The Morgan fingerprint density at radius 2 is 1.96 bits per heavy atom. The largest absolute Gasteiger partial charge is 0.390 e. The molecule has 2 unspecified atom stereocenters. The number of rotatable bonds is 9. The van der Waals surface area contributed by atoms with Gasteiger partial charge < -0.3 is 5.11 Å². The summed E-state index contributed by atoms with van der Waals surface area (Å²) in [6, 6.07) is 7.47. The van der Waals surface area contributed by atoms with Crippen molar-refractivity contribution in [2.24, 2.45) is 5.92 Å². The van der Waals surface area contributed by atoms with Gasteiger partial charge in [-0.15, -0.1) is 0 Å². The molecule has 1 aliphatic rings. The van der Waals surface area contributed by atoms with Crippen LogP contribution in [-0.2, 0) is 16.4 Å². The molecule has 2 N–H and O–H groups in total. The maximum absolute atomic E-state index is 12.4. The van der Waals surface area contributed by atoms with Crippen molar-refractivity contribution in [3.63, 3.8) is 0 Å². The Labute approximate surface area is 152 Å². The van der Waals surface area contributed by atoms with Gasteiger partial charge in [-0.05, 0) is 49.8 Å². The molecule has 1 saturated heterocycles. The van der Waals surface area contributed by atoms with E-state index in [9.17, 15) is 13.5 Å². The second-order valence-corrected chi connectivity index (χ2v) is 9.16. The van der Waals surface area contributed by atoms with Crippen molar-refractivity contribution >= 4 is 10.0 Å². The second kappa shape index (κ2) is 9.12. The minimum atomic E-state index is -3.58. The molecule has 1 aliphatic heterocycles. The van der Waals surface area contributed by atoms with Crippen molar-refractivity contribution in [3.05, 3.63) is 29.8 Å². The molecule has 3 atom stereocenters. The average molecular weight is 369 g/mol. The molecular weight excluding hydrogens is 336 g/mol. The fraction of sp³-hybridized carbons (Fsp3) is 0.684. The molecular formula is C19H32N2O3S. The van der Waals surface area contributed by atoms with Gasteiger partial charge in [-0.1, -0.05) is 32.4 Å². The third-order valence-corrected chi connectivity index (χ3v) is 6.36. The number of β-amino-alcohol motifs (C(OH)–C–C–N with tert-alkyl or cyclic N) is 1. The van der Waals surface area contributed by atoms with E-state index in [4.69, 9.17) is 0 Å². The van der Waals surface area contributed by atoms with E-state index in [0.717, 1.165) is 37.8 Å². The van der Waals surface area contributed by atoms with Gasteiger partial charge in [0.2, 0.25) is 10.0 Å².